The number of nitrogens with two attached hydrogens (primary N) is 2. The number of carbonyl (C=O) groups is 1. The summed E-state index contributed by atoms with van der Waals surface area (Å²) in [6.45, 7) is 1.90. The first kappa shape index (κ1) is 14.7. The molecule has 0 aliphatic heterocycles. The van der Waals surface area contributed by atoms with Crippen molar-refractivity contribution in [3.63, 3.8) is 0 Å². The van der Waals surface area contributed by atoms with Crippen molar-refractivity contribution in [1.29, 1.82) is 0 Å². The number of hydrogen-bond donors (Lipinski definition) is 2. The normalized spacial score (nSPS) is 11.9. The zero-order valence-electron chi connectivity index (χ0n) is 11.7. The van der Waals surface area contributed by atoms with Crippen LogP contribution in [0.3, 0.4) is 0 Å². The number of nitrogen functional groups attached to an aromatic ring is 2. The van der Waals surface area contributed by atoms with Gasteiger partial charge in [-0.3, -0.25) is 4.79 Å². The van der Waals surface area contributed by atoms with E-state index in [1.807, 2.05) is 37.3 Å². The van der Waals surface area contributed by atoms with Gasteiger partial charge in [-0.1, -0.05) is 37.3 Å². The number of hydrogen-bond acceptors (Lipinski definition) is 7. The molecule has 1 heterocycles. The number of ether oxygens (including phenoxy) is 1. The zero-order valence-corrected chi connectivity index (χ0v) is 11.7. The molecule has 2 aromatic rings. The third kappa shape index (κ3) is 4.41. The first-order chi connectivity index (χ1) is 10.0. The highest BCUT2D eigenvalue weighted by Crippen LogP contribution is 2.19. The van der Waals surface area contributed by atoms with Crippen molar-refractivity contribution in [3.8, 4) is 0 Å². The van der Waals surface area contributed by atoms with E-state index < -0.39 is 0 Å². The molecule has 1 atom stereocenters. The number of aromatic nitrogens is 3. The number of rotatable bonds is 5. The molecule has 110 valence electrons. The fourth-order valence-electron chi connectivity index (χ4n) is 1.87. The summed E-state index contributed by atoms with van der Waals surface area (Å²) >= 11 is 0. The molecule has 1 aromatic heterocycles. The highest BCUT2D eigenvalue weighted by atomic mass is 16.5. The van der Waals surface area contributed by atoms with Crippen LogP contribution in [0, 0.1) is 0 Å². The van der Waals surface area contributed by atoms with E-state index in [2.05, 4.69) is 15.0 Å². The van der Waals surface area contributed by atoms with Crippen molar-refractivity contribution in [2.24, 2.45) is 0 Å². The Morgan fingerprint density at radius 2 is 1.76 bits per heavy atom. The Hall–Kier alpha value is -2.70. The maximum atomic E-state index is 11.8. The largest absolute Gasteiger partial charge is 0.457 e. The minimum absolute atomic E-state index is 0.00574. The van der Waals surface area contributed by atoms with Crippen molar-refractivity contribution >= 4 is 17.9 Å². The van der Waals surface area contributed by atoms with E-state index in [1.165, 1.54) is 0 Å². The predicted molar refractivity (Wildman–Crippen MR) is 77.9 cm³/mol. The van der Waals surface area contributed by atoms with Crippen LogP contribution in [0.25, 0.3) is 0 Å². The van der Waals surface area contributed by atoms with Crippen LogP contribution < -0.4 is 11.5 Å². The van der Waals surface area contributed by atoms with Crippen LogP contribution in [-0.4, -0.2) is 20.9 Å². The van der Waals surface area contributed by atoms with Crippen molar-refractivity contribution in [3.05, 3.63) is 41.7 Å². The SMILES string of the molecule is C[C@@H](CC(=O)OCc1nc(N)nc(N)n1)c1ccccc1. The summed E-state index contributed by atoms with van der Waals surface area (Å²) in [5.74, 6) is -0.00535. The van der Waals surface area contributed by atoms with Gasteiger partial charge in [-0.2, -0.15) is 15.0 Å². The van der Waals surface area contributed by atoms with Crippen LogP contribution >= 0.6 is 0 Å². The second kappa shape index (κ2) is 6.65. The van der Waals surface area contributed by atoms with Crippen molar-refractivity contribution in [1.82, 2.24) is 15.0 Å². The van der Waals surface area contributed by atoms with Crippen molar-refractivity contribution in [2.75, 3.05) is 11.5 Å². The van der Waals surface area contributed by atoms with Crippen LogP contribution in [0.15, 0.2) is 30.3 Å². The molecule has 0 radical (unpaired) electrons. The minimum atomic E-state index is -0.330. The molecule has 0 unspecified atom stereocenters. The second-order valence-electron chi connectivity index (χ2n) is 4.64. The van der Waals surface area contributed by atoms with Gasteiger partial charge >= 0.3 is 5.97 Å². The van der Waals surface area contributed by atoms with Gasteiger partial charge < -0.3 is 16.2 Å². The maximum Gasteiger partial charge on any atom is 0.306 e. The Labute approximate surface area is 122 Å². The van der Waals surface area contributed by atoms with Gasteiger partial charge in [0.15, 0.2) is 12.4 Å². The van der Waals surface area contributed by atoms with E-state index in [0.717, 1.165) is 5.56 Å². The van der Waals surface area contributed by atoms with E-state index >= 15 is 0 Å². The quantitative estimate of drug-likeness (QED) is 0.795. The van der Waals surface area contributed by atoms with Gasteiger partial charge in [-0.15, -0.1) is 0 Å². The van der Waals surface area contributed by atoms with Gasteiger partial charge in [0, 0.05) is 0 Å². The third-order valence-electron chi connectivity index (χ3n) is 2.92. The number of nitrogens with zero attached hydrogens (tertiary/aromatic N) is 3. The van der Waals surface area contributed by atoms with E-state index in [4.69, 9.17) is 16.2 Å². The van der Waals surface area contributed by atoms with Crippen LogP contribution in [0.2, 0.25) is 0 Å². The highest BCUT2D eigenvalue weighted by Gasteiger charge is 2.13. The van der Waals surface area contributed by atoms with Gasteiger partial charge in [-0.05, 0) is 11.5 Å². The van der Waals surface area contributed by atoms with Crippen LogP contribution in [-0.2, 0) is 16.1 Å². The lowest BCUT2D eigenvalue weighted by atomic mass is 9.98. The number of carbonyl (C=O) groups excluding carboxylic acids is 1. The first-order valence-electron chi connectivity index (χ1n) is 6.51. The van der Waals surface area contributed by atoms with Gasteiger partial charge in [0.2, 0.25) is 11.9 Å². The molecule has 1 aromatic carbocycles. The summed E-state index contributed by atoms with van der Waals surface area (Å²) in [6.07, 6.45) is 0.278. The Bertz CT molecular complexity index is 598. The Kier molecular flexibility index (Phi) is 4.65. The van der Waals surface area contributed by atoms with Crippen LogP contribution in [0.4, 0.5) is 11.9 Å². The molecule has 0 amide bonds. The minimum Gasteiger partial charge on any atom is -0.457 e. The molecule has 7 nitrogen and oxygen atoms in total. The molecule has 4 N–H and O–H groups in total. The molecule has 0 saturated heterocycles. The number of anilines is 2. The topological polar surface area (TPSA) is 117 Å². The van der Waals surface area contributed by atoms with Crippen molar-refractivity contribution < 1.29 is 9.53 Å². The maximum absolute atomic E-state index is 11.8. The number of esters is 1. The third-order valence-corrected chi connectivity index (χ3v) is 2.92. The molecule has 2 rings (SSSR count). The van der Waals surface area contributed by atoms with Gasteiger partial charge in [0.25, 0.3) is 0 Å². The summed E-state index contributed by atoms with van der Waals surface area (Å²) in [6, 6.07) is 9.77. The standard InChI is InChI=1S/C14H17N5O2/c1-9(10-5-3-2-4-6-10)7-12(20)21-8-11-17-13(15)19-14(16)18-11/h2-6,9H,7-8H2,1H3,(H4,15,16,17,18,19)/t9-/m0/s1. The molecule has 0 aliphatic rings. The average molecular weight is 287 g/mol. The summed E-state index contributed by atoms with van der Waals surface area (Å²) < 4.78 is 5.13. The first-order valence-corrected chi connectivity index (χ1v) is 6.51. The zero-order chi connectivity index (χ0) is 15.2. The fourth-order valence-corrected chi connectivity index (χ4v) is 1.87. The molecule has 0 spiro atoms. The molecule has 0 aliphatic carbocycles. The molecule has 0 bridgehead atoms. The van der Waals surface area contributed by atoms with E-state index in [9.17, 15) is 4.79 Å². The van der Waals surface area contributed by atoms with Crippen LogP contribution in [0.5, 0.6) is 0 Å². The molecule has 0 saturated carbocycles. The van der Waals surface area contributed by atoms with E-state index in [1.54, 1.807) is 0 Å². The van der Waals surface area contributed by atoms with Crippen molar-refractivity contribution in [2.45, 2.75) is 25.9 Å². The fraction of sp³-hybridized carbons (Fsp3) is 0.286. The van der Waals surface area contributed by atoms with Gasteiger partial charge in [0.1, 0.15) is 0 Å². The summed E-state index contributed by atoms with van der Waals surface area (Å²) in [7, 11) is 0. The highest BCUT2D eigenvalue weighted by molar-refractivity contribution is 5.70. The Balaban J connectivity index is 1.87. The predicted octanol–water partition coefficient (Wildman–Crippen LogP) is 1.27. The Morgan fingerprint density at radius 3 is 2.38 bits per heavy atom. The average Bonchev–Trinajstić information content (AvgIpc) is 2.45. The lowest BCUT2D eigenvalue weighted by molar-refractivity contribution is -0.145. The molecule has 21 heavy (non-hydrogen) atoms. The number of benzene rings is 1. The van der Waals surface area contributed by atoms with Gasteiger partial charge in [0.05, 0.1) is 6.42 Å². The van der Waals surface area contributed by atoms with E-state index in [0.29, 0.717) is 0 Å². The summed E-state index contributed by atoms with van der Waals surface area (Å²) in [4.78, 5) is 23.1. The lowest BCUT2D eigenvalue weighted by Gasteiger charge is -2.11. The molecule has 0 fully saturated rings. The monoisotopic (exact) mass is 287 g/mol. The lowest BCUT2D eigenvalue weighted by Crippen LogP contribution is -2.12. The summed E-state index contributed by atoms with van der Waals surface area (Å²) in [5.41, 5.74) is 12.0. The smallest absolute Gasteiger partial charge is 0.306 e. The second-order valence-corrected chi connectivity index (χ2v) is 4.64. The molecule has 7 heteroatoms. The molecular formula is C14H17N5O2. The van der Waals surface area contributed by atoms with Crippen LogP contribution in [0.1, 0.15) is 30.7 Å². The summed E-state index contributed by atoms with van der Waals surface area (Å²) in [5, 5.41) is 0. The Morgan fingerprint density at radius 1 is 1.14 bits per heavy atom. The van der Waals surface area contributed by atoms with Gasteiger partial charge in [-0.25, -0.2) is 0 Å². The van der Waals surface area contributed by atoms with E-state index in [-0.39, 0.29) is 42.6 Å². The molecular weight excluding hydrogens is 270 g/mol.